The van der Waals surface area contributed by atoms with Crippen LogP contribution in [0.4, 0.5) is 0 Å². The monoisotopic (exact) mass is 245 g/mol. The molecule has 0 aliphatic heterocycles. The normalized spacial score (nSPS) is 11.2. The Labute approximate surface area is 99.5 Å². The molecule has 2 aromatic heterocycles. The molecule has 0 saturated carbocycles. The van der Waals surface area contributed by atoms with E-state index in [1.54, 1.807) is 19.1 Å². The van der Waals surface area contributed by atoms with Crippen molar-refractivity contribution in [1.29, 1.82) is 0 Å². The van der Waals surface area contributed by atoms with Crippen molar-refractivity contribution in [1.82, 2.24) is 4.98 Å². The molecule has 1 aromatic carbocycles. The van der Waals surface area contributed by atoms with E-state index < -0.39 is 17.2 Å². The van der Waals surface area contributed by atoms with Crippen LogP contribution in [0.2, 0.25) is 0 Å². The molecule has 0 spiro atoms. The standard InChI is InChI=1S/C12H7NO5/c1-5-13-8-4-9-6(3-10(8)17-5)2-7(11(14)15)12(16)18-9/h2-4H,1H3,(H,14,15). The Bertz CT molecular complexity index is 843. The minimum absolute atomic E-state index is 0.283. The van der Waals surface area contributed by atoms with Crippen molar-refractivity contribution in [2.75, 3.05) is 0 Å². The molecule has 0 radical (unpaired) electrons. The summed E-state index contributed by atoms with van der Waals surface area (Å²) in [4.78, 5) is 26.4. The van der Waals surface area contributed by atoms with Gasteiger partial charge in [-0.05, 0) is 12.1 Å². The van der Waals surface area contributed by atoms with E-state index >= 15 is 0 Å². The fraction of sp³-hybridized carbons (Fsp3) is 0.0833. The van der Waals surface area contributed by atoms with E-state index in [4.69, 9.17) is 13.9 Å². The maximum Gasteiger partial charge on any atom is 0.351 e. The van der Waals surface area contributed by atoms with E-state index in [1.807, 2.05) is 0 Å². The molecule has 18 heavy (non-hydrogen) atoms. The van der Waals surface area contributed by atoms with Crippen LogP contribution >= 0.6 is 0 Å². The number of carboxylic acids is 1. The van der Waals surface area contributed by atoms with Crippen LogP contribution in [0, 0.1) is 6.92 Å². The number of aryl methyl sites for hydroxylation is 1. The largest absolute Gasteiger partial charge is 0.477 e. The highest BCUT2D eigenvalue weighted by molar-refractivity contribution is 5.95. The Morgan fingerprint density at radius 1 is 1.22 bits per heavy atom. The van der Waals surface area contributed by atoms with Gasteiger partial charge in [0.15, 0.2) is 11.5 Å². The lowest BCUT2D eigenvalue weighted by molar-refractivity contribution is 0.0692. The van der Waals surface area contributed by atoms with Crippen LogP contribution in [0.3, 0.4) is 0 Å². The molecule has 2 heterocycles. The summed E-state index contributed by atoms with van der Waals surface area (Å²) in [6, 6.07) is 4.41. The number of fused-ring (bicyclic) bond motifs is 2. The molecule has 1 N–H and O–H groups in total. The molecule has 0 amide bonds. The molecular weight excluding hydrogens is 238 g/mol. The number of oxazole rings is 1. The molecule has 6 heteroatoms. The summed E-state index contributed by atoms with van der Waals surface area (Å²) in [6.07, 6.45) is 0. The summed E-state index contributed by atoms with van der Waals surface area (Å²) in [7, 11) is 0. The van der Waals surface area contributed by atoms with Crippen molar-refractivity contribution < 1.29 is 18.7 Å². The van der Waals surface area contributed by atoms with Crippen molar-refractivity contribution >= 4 is 28.0 Å². The second kappa shape index (κ2) is 3.43. The lowest BCUT2D eigenvalue weighted by Gasteiger charge is -1.97. The van der Waals surface area contributed by atoms with Gasteiger partial charge in [-0.2, -0.15) is 0 Å². The quantitative estimate of drug-likeness (QED) is 0.658. The number of aromatic carboxylic acids is 1. The van der Waals surface area contributed by atoms with E-state index in [-0.39, 0.29) is 5.58 Å². The Hall–Kier alpha value is -2.63. The number of hydrogen-bond acceptors (Lipinski definition) is 5. The fourth-order valence-electron chi connectivity index (χ4n) is 1.81. The number of rotatable bonds is 1. The minimum atomic E-state index is -1.32. The molecule has 0 fully saturated rings. The highest BCUT2D eigenvalue weighted by Gasteiger charge is 2.13. The number of carbonyl (C=O) groups is 1. The zero-order valence-electron chi connectivity index (χ0n) is 9.26. The summed E-state index contributed by atoms with van der Waals surface area (Å²) < 4.78 is 10.3. The second-order valence-electron chi connectivity index (χ2n) is 3.84. The van der Waals surface area contributed by atoms with Gasteiger partial charge < -0.3 is 13.9 Å². The first-order valence-corrected chi connectivity index (χ1v) is 5.13. The van der Waals surface area contributed by atoms with Gasteiger partial charge in [-0.3, -0.25) is 0 Å². The van der Waals surface area contributed by atoms with Crippen LogP contribution in [-0.2, 0) is 0 Å². The van der Waals surface area contributed by atoms with Crippen molar-refractivity contribution in [3.05, 3.63) is 40.1 Å². The third-order valence-corrected chi connectivity index (χ3v) is 2.58. The van der Waals surface area contributed by atoms with Crippen LogP contribution in [0.15, 0.2) is 31.8 Å². The predicted molar refractivity (Wildman–Crippen MR) is 61.7 cm³/mol. The molecule has 3 rings (SSSR count). The summed E-state index contributed by atoms with van der Waals surface area (Å²) in [6.45, 7) is 1.70. The van der Waals surface area contributed by atoms with Gasteiger partial charge in [0, 0.05) is 18.4 Å². The number of carboxylic acid groups (broad SMARTS) is 1. The van der Waals surface area contributed by atoms with Crippen LogP contribution < -0.4 is 5.63 Å². The molecule has 0 unspecified atom stereocenters. The molecule has 90 valence electrons. The molecule has 0 saturated heterocycles. The first kappa shape index (κ1) is 10.5. The lowest BCUT2D eigenvalue weighted by Crippen LogP contribution is -2.12. The maximum atomic E-state index is 11.4. The first-order valence-electron chi connectivity index (χ1n) is 5.13. The summed E-state index contributed by atoms with van der Waals surface area (Å²) in [5, 5.41) is 9.33. The predicted octanol–water partition coefficient (Wildman–Crippen LogP) is 1.94. The summed E-state index contributed by atoms with van der Waals surface area (Å²) >= 11 is 0. The topological polar surface area (TPSA) is 93.5 Å². The van der Waals surface area contributed by atoms with E-state index in [0.717, 1.165) is 0 Å². The minimum Gasteiger partial charge on any atom is -0.477 e. The molecule has 0 bridgehead atoms. The zero-order chi connectivity index (χ0) is 12.9. The molecule has 0 aliphatic rings. The van der Waals surface area contributed by atoms with Crippen molar-refractivity contribution in [2.24, 2.45) is 0 Å². The maximum absolute atomic E-state index is 11.4. The average Bonchev–Trinajstić information content (AvgIpc) is 2.64. The number of hydrogen-bond donors (Lipinski definition) is 1. The van der Waals surface area contributed by atoms with Crippen LogP contribution in [-0.4, -0.2) is 16.1 Å². The van der Waals surface area contributed by atoms with Gasteiger partial charge in [0.25, 0.3) is 0 Å². The smallest absolute Gasteiger partial charge is 0.351 e. The lowest BCUT2D eigenvalue weighted by atomic mass is 10.2. The van der Waals surface area contributed by atoms with E-state index in [0.29, 0.717) is 22.4 Å². The number of aromatic nitrogens is 1. The van der Waals surface area contributed by atoms with Gasteiger partial charge in [0.05, 0.1) is 0 Å². The summed E-state index contributed by atoms with van der Waals surface area (Å²) in [5.74, 6) is -0.833. The molecule has 6 nitrogen and oxygen atoms in total. The van der Waals surface area contributed by atoms with Crippen molar-refractivity contribution in [2.45, 2.75) is 6.92 Å². The Kier molecular flexibility index (Phi) is 2.00. The number of nitrogens with zero attached hydrogens (tertiary/aromatic N) is 1. The highest BCUT2D eigenvalue weighted by Crippen LogP contribution is 2.22. The molecule has 0 atom stereocenters. The van der Waals surface area contributed by atoms with Crippen molar-refractivity contribution in [3.8, 4) is 0 Å². The first-order chi connectivity index (χ1) is 8.54. The van der Waals surface area contributed by atoms with Gasteiger partial charge in [0.2, 0.25) is 0 Å². The zero-order valence-corrected chi connectivity index (χ0v) is 9.26. The van der Waals surface area contributed by atoms with E-state index in [1.165, 1.54) is 6.07 Å². The third-order valence-electron chi connectivity index (χ3n) is 2.58. The molecular formula is C12H7NO5. The Balaban J connectivity index is 2.43. The number of benzene rings is 1. The van der Waals surface area contributed by atoms with Gasteiger partial charge in [-0.15, -0.1) is 0 Å². The molecule has 0 aliphatic carbocycles. The fourth-order valence-corrected chi connectivity index (χ4v) is 1.81. The highest BCUT2D eigenvalue weighted by atomic mass is 16.4. The van der Waals surface area contributed by atoms with E-state index in [2.05, 4.69) is 4.98 Å². The SMILES string of the molecule is Cc1nc2cc3oc(=O)c(C(=O)O)cc3cc2o1. The van der Waals surface area contributed by atoms with Crippen LogP contribution in [0.25, 0.3) is 22.1 Å². The van der Waals surface area contributed by atoms with Crippen LogP contribution in [0.5, 0.6) is 0 Å². The molecule has 3 aromatic rings. The van der Waals surface area contributed by atoms with E-state index in [9.17, 15) is 9.59 Å². The van der Waals surface area contributed by atoms with Gasteiger partial charge in [-0.1, -0.05) is 0 Å². The van der Waals surface area contributed by atoms with Gasteiger partial charge >= 0.3 is 11.6 Å². The average molecular weight is 245 g/mol. The van der Waals surface area contributed by atoms with Gasteiger partial charge in [0.1, 0.15) is 16.7 Å². The Morgan fingerprint density at radius 2 is 2.00 bits per heavy atom. The van der Waals surface area contributed by atoms with Crippen molar-refractivity contribution in [3.63, 3.8) is 0 Å². The third kappa shape index (κ3) is 1.46. The second-order valence-corrected chi connectivity index (χ2v) is 3.84. The Morgan fingerprint density at radius 3 is 2.72 bits per heavy atom. The summed E-state index contributed by atoms with van der Waals surface area (Å²) in [5.41, 5.74) is 0.0786. The van der Waals surface area contributed by atoms with Gasteiger partial charge in [-0.25, -0.2) is 14.6 Å². The van der Waals surface area contributed by atoms with Crippen LogP contribution in [0.1, 0.15) is 16.2 Å².